The van der Waals surface area contributed by atoms with Crippen molar-refractivity contribution in [3.05, 3.63) is 65.5 Å². The Balaban J connectivity index is 1.72. The molecule has 1 aliphatic heterocycles. The lowest BCUT2D eigenvalue weighted by atomic mass is 9.75. The lowest BCUT2D eigenvalue weighted by molar-refractivity contribution is -0.141. The average molecular weight is 412 g/mol. The van der Waals surface area contributed by atoms with Gasteiger partial charge in [0.1, 0.15) is 18.2 Å². The molecule has 2 aromatic carbocycles. The van der Waals surface area contributed by atoms with Gasteiger partial charge in [0.05, 0.1) is 12.0 Å². The number of amides is 3. The topological polar surface area (TPSA) is 66.9 Å². The van der Waals surface area contributed by atoms with E-state index in [4.69, 9.17) is 4.74 Å². The van der Waals surface area contributed by atoms with Crippen molar-refractivity contribution >= 4 is 17.7 Å². The fourth-order valence-electron chi connectivity index (χ4n) is 3.63. The fraction of sp³-hybridized carbons (Fsp3) is 0.348. The zero-order chi connectivity index (χ0) is 21.9. The molecule has 0 saturated carbocycles. The highest BCUT2D eigenvalue weighted by molar-refractivity contribution is 6.10. The minimum atomic E-state index is -1.53. The molecule has 0 unspecified atom stereocenters. The molecule has 1 aliphatic rings. The molecule has 0 N–H and O–H groups in total. The van der Waals surface area contributed by atoms with Crippen LogP contribution in [0.2, 0.25) is 0 Å². The Morgan fingerprint density at radius 2 is 1.83 bits per heavy atom. The third-order valence-corrected chi connectivity index (χ3v) is 5.53. The van der Waals surface area contributed by atoms with Crippen LogP contribution in [0.1, 0.15) is 24.0 Å². The summed E-state index contributed by atoms with van der Waals surface area (Å²) in [6, 6.07) is 13.4. The van der Waals surface area contributed by atoms with E-state index in [0.717, 1.165) is 10.5 Å². The first-order valence-electron chi connectivity index (χ1n) is 9.74. The van der Waals surface area contributed by atoms with Gasteiger partial charge in [0.2, 0.25) is 17.7 Å². The van der Waals surface area contributed by atoms with Crippen LogP contribution < -0.4 is 4.74 Å². The molecule has 0 aliphatic carbocycles. The molecule has 0 bridgehead atoms. The number of imide groups is 1. The van der Waals surface area contributed by atoms with Crippen LogP contribution in [-0.2, 0) is 19.8 Å². The predicted molar refractivity (Wildman–Crippen MR) is 109 cm³/mol. The third kappa shape index (κ3) is 4.20. The van der Waals surface area contributed by atoms with Gasteiger partial charge < -0.3 is 9.64 Å². The van der Waals surface area contributed by atoms with Crippen molar-refractivity contribution < 1.29 is 23.5 Å². The zero-order valence-electron chi connectivity index (χ0n) is 17.4. The minimum Gasteiger partial charge on any atom is -0.492 e. The van der Waals surface area contributed by atoms with E-state index >= 15 is 0 Å². The standard InChI is InChI=1S/C23H25FN2O4/c1-16-8-10-17(11-9-16)30-13-12-25(2)20(27)14-23(15-21(28)26(3)22(23)29)18-6-4-5-7-19(18)24/h4-11H,12-15H2,1-3H3/t23-/m0/s1. The number of carbonyl (C=O) groups excluding carboxylic acids is 3. The Labute approximate surface area is 175 Å². The largest absolute Gasteiger partial charge is 0.492 e. The number of likely N-dealkylation sites (N-methyl/N-ethyl adjacent to an activating group) is 2. The van der Waals surface area contributed by atoms with E-state index in [1.165, 1.54) is 30.1 Å². The minimum absolute atomic E-state index is 0.0744. The van der Waals surface area contributed by atoms with Crippen molar-refractivity contribution in [1.82, 2.24) is 9.80 Å². The Bertz CT molecular complexity index is 960. The number of rotatable bonds is 7. The van der Waals surface area contributed by atoms with Crippen molar-refractivity contribution in [3.8, 4) is 5.75 Å². The van der Waals surface area contributed by atoms with Crippen molar-refractivity contribution in [2.45, 2.75) is 25.2 Å². The number of likely N-dealkylation sites (tertiary alicyclic amines) is 1. The summed E-state index contributed by atoms with van der Waals surface area (Å²) >= 11 is 0. The second kappa shape index (κ2) is 8.65. The van der Waals surface area contributed by atoms with Crippen LogP contribution >= 0.6 is 0 Å². The molecular formula is C23H25FN2O4. The van der Waals surface area contributed by atoms with Crippen LogP contribution in [0.5, 0.6) is 5.75 Å². The normalized spacial score (nSPS) is 18.6. The van der Waals surface area contributed by atoms with Crippen LogP contribution in [0.15, 0.2) is 48.5 Å². The number of halogens is 1. The lowest BCUT2D eigenvalue weighted by Gasteiger charge is -2.29. The number of aryl methyl sites for hydroxylation is 1. The van der Waals surface area contributed by atoms with Crippen LogP contribution in [0.4, 0.5) is 4.39 Å². The van der Waals surface area contributed by atoms with Crippen LogP contribution in [-0.4, -0.2) is 54.8 Å². The van der Waals surface area contributed by atoms with Crippen LogP contribution in [0.25, 0.3) is 0 Å². The highest BCUT2D eigenvalue weighted by Crippen LogP contribution is 2.40. The molecule has 158 valence electrons. The summed E-state index contributed by atoms with van der Waals surface area (Å²) in [5, 5.41) is 0. The van der Waals surface area contributed by atoms with E-state index in [1.54, 1.807) is 13.1 Å². The van der Waals surface area contributed by atoms with Crippen molar-refractivity contribution in [1.29, 1.82) is 0 Å². The molecule has 1 heterocycles. The van der Waals surface area contributed by atoms with E-state index in [1.807, 2.05) is 31.2 Å². The second-order valence-corrected chi connectivity index (χ2v) is 7.65. The first-order chi connectivity index (χ1) is 14.2. The second-order valence-electron chi connectivity index (χ2n) is 7.65. The molecule has 6 nitrogen and oxygen atoms in total. The highest BCUT2D eigenvalue weighted by Gasteiger charge is 2.53. The van der Waals surface area contributed by atoms with Gasteiger partial charge in [0.25, 0.3) is 0 Å². The monoisotopic (exact) mass is 412 g/mol. The van der Waals surface area contributed by atoms with Crippen molar-refractivity contribution in [2.75, 3.05) is 27.2 Å². The van der Waals surface area contributed by atoms with Crippen molar-refractivity contribution in [3.63, 3.8) is 0 Å². The molecule has 2 aromatic rings. The first kappa shape index (κ1) is 21.5. The quantitative estimate of drug-likeness (QED) is 0.656. The van der Waals surface area contributed by atoms with Gasteiger partial charge in [0.15, 0.2) is 0 Å². The smallest absolute Gasteiger partial charge is 0.240 e. The number of hydrogen-bond acceptors (Lipinski definition) is 4. The number of ether oxygens (including phenoxy) is 1. The molecule has 0 spiro atoms. The maximum absolute atomic E-state index is 14.6. The molecule has 0 radical (unpaired) electrons. The summed E-state index contributed by atoms with van der Waals surface area (Å²) in [4.78, 5) is 40.5. The molecular weight excluding hydrogens is 387 g/mol. The zero-order valence-corrected chi connectivity index (χ0v) is 17.4. The molecule has 3 rings (SSSR count). The third-order valence-electron chi connectivity index (χ3n) is 5.53. The van der Waals surface area contributed by atoms with Gasteiger partial charge in [0, 0.05) is 32.5 Å². The van der Waals surface area contributed by atoms with E-state index in [2.05, 4.69) is 0 Å². The van der Waals surface area contributed by atoms with Crippen LogP contribution in [0.3, 0.4) is 0 Å². The summed E-state index contributed by atoms with van der Waals surface area (Å²) in [7, 11) is 2.96. The van der Waals surface area contributed by atoms with Gasteiger partial charge >= 0.3 is 0 Å². The van der Waals surface area contributed by atoms with Gasteiger partial charge in [-0.2, -0.15) is 0 Å². The summed E-state index contributed by atoms with van der Waals surface area (Å²) < 4.78 is 20.2. The van der Waals surface area contributed by atoms with E-state index < -0.39 is 23.0 Å². The number of hydrogen-bond donors (Lipinski definition) is 0. The molecule has 3 amide bonds. The predicted octanol–water partition coefficient (Wildman–Crippen LogP) is 2.69. The molecule has 7 heteroatoms. The Kier molecular flexibility index (Phi) is 6.20. The lowest BCUT2D eigenvalue weighted by Crippen LogP contribution is -2.43. The van der Waals surface area contributed by atoms with Gasteiger partial charge in [-0.25, -0.2) is 4.39 Å². The van der Waals surface area contributed by atoms with E-state index in [-0.39, 0.29) is 37.5 Å². The van der Waals surface area contributed by atoms with Crippen LogP contribution in [0, 0.1) is 12.7 Å². The summed E-state index contributed by atoms with van der Waals surface area (Å²) in [5.41, 5.74) is -0.334. The summed E-state index contributed by atoms with van der Waals surface area (Å²) in [6.07, 6.45) is -0.521. The Hall–Kier alpha value is -3.22. The Morgan fingerprint density at radius 3 is 2.43 bits per heavy atom. The van der Waals surface area contributed by atoms with Gasteiger partial charge in [-0.3, -0.25) is 19.3 Å². The fourth-order valence-corrected chi connectivity index (χ4v) is 3.63. The first-order valence-corrected chi connectivity index (χ1v) is 9.74. The summed E-state index contributed by atoms with van der Waals surface area (Å²) in [6.45, 7) is 2.54. The number of carbonyl (C=O) groups is 3. The van der Waals surface area contributed by atoms with Crippen molar-refractivity contribution in [2.24, 2.45) is 0 Å². The van der Waals surface area contributed by atoms with Gasteiger partial charge in [-0.05, 0) is 25.1 Å². The SMILES string of the molecule is Cc1ccc(OCCN(C)C(=O)C[C@@]2(c3ccccc3F)CC(=O)N(C)C2=O)cc1. The van der Waals surface area contributed by atoms with E-state index in [0.29, 0.717) is 5.75 Å². The maximum atomic E-state index is 14.6. The molecule has 1 fully saturated rings. The van der Waals surface area contributed by atoms with Gasteiger partial charge in [-0.1, -0.05) is 35.9 Å². The number of benzene rings is 2. The molecule has 30 heavy (non-hydrogen) atoms. The van der Waals surface area contributed by atoms with Gasteiger partial charge in [-0.15, -0.1) is 0 Å². The molecule has 1 saturated heterocycles. The molecule has 1 atom stereocenters. The maximum Gasteiger partial charge on any atom is 0.240 e. The average Bonchev–Trinajstić information content (AvgIpc) is 2.94. The summed E-state index contributed by atoms with van der Waals surface area (Å²) in [5.74, 6) is -1.26. The molecule has 0 aromatic heterocycles. The Morgan fingerprint density at radius 1 is 1.17 bits per heavy atom. The number of nitrogens with zero attached hydrogens (tertiary/aromatic N) is 2. The highest BCUT2D eigenvalue weighted by atomic mass is 19.1. The van der Waals surface area contributed by atoms with E-state index in [9.17, 15) is 18.8 Å².